The fourth-order valence-corrected chi connectivity index (χ4v) is 3.19. The van der Waals surface area contributed by atoms with Crippen LogP contribution >= 0.6 is 0 Å². The number of ether oxygens (including phenoxy) is 1. The summed E-state index contributed by atoms with van der Waals surface area (Å²) in [4.78, 5) is 26.2. The Kier molecular flexibility index (Phi) is 5.15. The largest absolute Gasteiger partial charge is 0.457 e. The Hall–Kier alpha value is -3.81. The number of rotatable bonds is 5. The SMILES string of the molecule is Cn1ccc(NC(=O)N[C@@H]2CC(=O)N(c3ccc(Oc4ccccc4)cc3)C2)n1. The number of urea groups is 1. The third-order valence-electron chi connectivity index (χ3n) is 4.54. The Labute approximate surface area is 168 Å². The molecule has 0 aliphatic carbocycles. The van der Waals surface area contributed by atoms with Crippen molar-refractivity contribution < 1.29 is 14.3 Å². The molecule has 3 aromatic rings. The van der Waals surface area contributed by atoms with E-state index in [2.05, 4.69) is 15.7 Å². The predicted octanol–water partition coefficient (Wildman–Crippen LogP) is 3.14. The molecule has 8 heteroatoms. The van der Waals surface area contributed by atoms with E-state index in [0.717, 1.165) is 11.4 Å². The summed E-state index contributed by atoms with van der Waals surface area (Å²) in [6.45, 7) is 0.410. The summed E-state index contributed by atoms with van der Waals surface area (Å²) in [5, 5.41) is 9.58. The number of nitrogens with zero attached hydrogens (tertiary/aromatic N) is 3. The van der Waals surface area contributed by atoms with Crippen molar-refractivity contribution in [3.05, 3.63) is 66.9 Å². The molecule has 1 aromatic heterocycles. The van der Waals surface area contributed by atoms with E-state index < -0.39 is 0 Å². The number of nitrogens with one attached hydrogen (secondary N) is 2. The second-order valence-corrected chi connectivity index (χ2v) is 6.79. The lowest BCUT2D eigenvalue weighted by molar-refractivity contribution is -0.117. The number of amides is 3. The molecule has 1 saturated heterocycles. The molecule has 2 N–H and O–H groups in total. The summed E-state index contributed by atoms with van der Waals surface area (Å²) >= 11 is 0. The second-order valence-electron chi connectivity index (χ2n) is 6.79. The molecule has 29 heavy (non-hydrogen) atoms. The highest BCUT2D eigenvalue weighted by Gasteiger charge is 2.31. The number of hydrogen-bond acceptors (Lipinski definition) is 4. The zero-order valence-corrected chi connectivity index (χ0v) is 15.9. The molecular weight excluding hydrogens is 370 g/mol. The number of carbonyl (C=O) groups excluding carboxylic acids is 2. The minimum Gasteiger partial charge on any atom is -0.457 e. The molecule has 2 heterocycles. The highest BCUT2D eigenvalue weighted by Crippen LogP contribution is 2.27. The molecule has 0 radical (unpaired) electrons. The van der Waals surface area contributed by atoms with Crippen molar-refractivity contribution in [2.24, 2.45) is 7.05 Å². The minimum atomic E-state index is -0.380. The van der Waals surface area contributed by atoms with Crippen LogP contribution < -0.4 is 20.3 Å². The molecule has 148 valence electrons. The molecule has 0 spiro atoms. The first kappa shape index (κ1) is 18.5. The van der Waals surface area contributed by atoms with Gasteiger partial charge in [0.1, 0.15) is 11.5 Å². The summed E-state index contributed by atoms with van der Waals surface area (Å²) in [5.41, 5.74) is 0.768. The van der Waals surface area contributed by atoms with Crippen molar-refractivity contribution >= 4 is 23.4 Å². The topological polar surface area (TPSA) is 88.5 Å². The van der Waals surface area contributed by atoms with Gasteiger partial charge in [-0.2, -0.15) is 5.10 Å². The number of anilines is 2. The van der Waals surface area contributed by atoms with Gasteiger partial charge in [0.25, 0.3) is 0 Å². The maximum atomic E-state index is 12.4. The van der Waals surface area contributed by atoms with Crippen molar-refractivity contribution in [3.63, 3.8) is 0 Å². The average Bonchev–Trinajstić information content (AvgIpc) is 3.28. The van der Waals surface area contributed by atoms with Crippen LogP contribution in [0.3, 0.4) is 0 Å². The Balaban J connectivity index is 1.34. The smallest absolute Gasteiger partial charge is 0.320 e. The van der Waals surface area contributed by atoms with E-state index in [0.29, 0.717) is 18.1 Å². The van der Waals surface area contributed by atoms with Crippen LogP contribution in [0, 0.1) is 0 Å². The first-order valence-corrected chi connectivity index (χ1v) is 9.27. The fraction of sp³-hybridized carbons (Fsp3) is 0.190. The second kappa shape index (κ2) is 8.05. The van der Waals surface area contributed by atoms with Crippen molar-refractivity contribution in [2.75, 3.05) is 16.8 Å². The Morgan fingerprint density at radius 1 is 1.07 bits per heavy atom. The van der Waals surface area contributed by atoms with Gasteiger partial charge in [0.15, 0.2) is 5.82 Å². The van der Waals surface area contributed by atoms with Crippen molar-refractivity contribution in [1.29, 1.82) is 0 Å². The number of aryl methyl sites for hydroxylation is 1. The van der Waals surface area contributed by atoms with E-state index in [1.807, 2.05) is 54.6 Å². The molecule has 4 rings (SSSR count). The van der Waals surface area contributed by atoms with Crippen molar-refractivity contribution in [3.8, 4) is 11.5 Å². The first-order valence-electron chi connectivity index (χ1n) is 9.27. The Morgan fingerprint density at radius 3 is 2.48 bits per heavy atom. The lowest BCUT2D eigenvalue weighted by Crippen LogP contribution is -2.39. The summed E-state index contributed by atoms with van der Waals surface area (Å²) in [7, 11) is 1.77. The summed E-state index contributed by atoms with van der Waals surface area (Å²) < 4.78 is 7.38. The lowest BCUT2D eigenvalue weighted by Gasteiger charge is -2.18. The molecule has 1 atom stereocenters. The number of carbonyl (C=O) groups is 2. The zero-order chi connectivity index (χ0) is 20.2. The lowest BCUT2D eigenvalue weighted by atomic mass is 10.2. The molecular formula is C21H21N5O3. The highest BCUT2D eigenvalue weighted by molar-refractivity contribution is 5.97. The van der Waals surface area contributed by atoms with Crippen LogP contribution in [0.2, 0.25) is 0 Å². The third-order valence-corrected chi connectivity index (χ3v) is 4.54. The van der Waals surface area contributed by atoms with E-state index >= 15 is 0 Å². The first-order chi connectivity index (χ1) is 14.1. The number of hydrogen-bond donors (Lipinski definition) is 2. The molecule has 0 saturated carbocycles. The van der Waals surface area contributed by atoms with Crippen molar-refractivity contribution in [1.82, 2.24) is 15.1 Å². The Bertz CT molecular complexity index is 1000. The summed E-state index contributed by atoms with van der Waals surface area (Å²) in [6.07, 6.45) is 1.99. The maximum absolute atomic E-state index is 12.4. The standard InChI is InChI=1S/C21H21N5O3/c1-25-12-11-19(24-25)23-21(28)22-15-13-20(27)26(14-15)16-7-9-18(10-8-16)29-17-5-3-2-4-6-17/h2-12,15H,13-14H2,1H3,(H2,22,23,24,28)/t15-/m1/s1. The molecule has 3 amide bonds. The van der Waals surface area contributed by atoms with Gasteiger partial charge in [-0.1, -0.05) is 18.2 Å². The number of aromatic nitrogens is 2. The van der Waals surface area contributed by atoms with Crippen LogP contribution in [0.15, 0.2) is 66.9 Å². The van der Waals surface area contributed by atoms with Crippen LogP contribution in [-0.2, 0) is 11.8 Å². The van der Waals surface area contributed by atoms with E-state index in [1.165, 1.54) is 0 Å². The van der Waals surface area contributed by atoms with E-state index in [9.17, 15) is 9.59 Å². The van der Waals surface area contributed by atoms with E-state index in [1.54, 1.807) is 28.9 Å². The van der Waals surface area contributed by atoms with Crippen LogP contribution in [0.1, 0.15) is 6.42 Å². The average molecular weight is 391 g/mol. The van der Waals surface area contributed by atoms with Gasteiger partial charge in [-0.25, -0.2) is 4.79 Å². The molecule has 0 bridgehead atoms. The van der Waals surface area contributed by atoms with Crippen LogP contribution in [0.5, 0.6) is 11.5 Å². The molecule has 1 fully saturated rings. The van der Waals surface area contributed by atoms with Crippen LogP contribution in [0.25, 0.3) is 0 Å². The normalized spacial score (nSPS) is 16.0. The van der Waals surface area contributed by atoms with Gasteiger partial charge in [0.05, 0.1) is 6.04 Å². The highest BCUT2D eigenvalue weighted by atomic mass is 16.5. The van der Waals surface area contributed by atoms with Crippen molar-refractivity contribution in [2.45, 2.75) is 12.5 Å². The molecule has 2 aromatic carbocycles. The minimum absolute atomic E-state index is 0.0372. The van der Waals surface area contributed by atoms with Gasteiger partial charge in [-0.05, 0) is 36.4 Å². The fourth-order valence-electron chi connectivity index (χ4n) is 3.19. The third kappa shape index (κ3) is 4.55. The maximum Gasteiger partial charge on any atom is 0.320 e. The number of para-hydroxylation sites is 1. The Morgan fingerprint density at radius 2 is 1.79 bits per heavy atom. The van der Waals surface area contributed by atoms with Gasteiger partial charge in [-0.15, -0.1) is 0 Å². The van der Waals surface area contributed by atoms with Gasteiger partial charge in [-0.3, -0.25) is 14.8 Å². The van der Waals surface area contributed by atoms with Crippen LogP contribution in [-0.4, -0.2) is 34.3 Å². The monoisotopic (exact) mass is 391 g/mol. The molecule has 8 nitrogen and oxygen atoms in total. The van der Waals surface area contributed by atoms with Gasteiger partial charge in [0, 0.05) is 38.0 Å². The zero-order valence-electron chi connectivity index (χ0n) is 15.9. The quantitative estimate of drug-likeness (QED) is 0.699. The van der Waals surface area contributed by atoms with Gasteiger partial charge in [0.2, 0.25) is 5.91 Å². The molecule has 1 aliphatic heterocycles. The van der Waals surface area contributed by atoms with E-state index in [4.69, 9.17) is 4.74 Å². The predicted molar refractivity (Wildman–Crippen MR) is 109 cm³/mol. The summed E-state index contributed by atoms with van der Waals surface area (Å²) in [5.74, 6) is 1.86. The molecule has 0 unspecified atom stereocenters. The van der Waals surface area contributed by atoms with Gasteiger partial charge < -0.3 is 15.0 Å². The van der Waals surface area contributed by atoms with Gasteiger partial charge >= 0.3 is 6.03 Å². The number of benzene rings is 2. The molecule has 1 aliphatic rings. The van der Waals surface area contributed by atoms with Crippen LogP contribution in [0.4, 0.5) is 16.3 Å². The summed E-state index contributed by atoms with van der Waals surface area (Å²) in [6, 6.07) is 17.9. The van der Waals surface area contributed by atoms with E-state index in [-0.39, 0.29) is 24.4 Å².